The van der Waals surface area contributed by atoms with Crippen LogP contribution in [0.3, 0.4) is 0 Å². The summed E-state index contributed by atoms with van der Waals surface area (Å²) in [5.74, 6) is -0.504. The number of hydrogen-bond acceptors (Lipinski definition) is 3. The number of urea groups is 1. The van der Waals surface area contributed by atoms with Crippen LogP contribution in [0.1, 0.15) is 25.7 Å². The van der Waals surface area contributed by atoms with Crippen molar-refractivity contribution in [3.63, 3.8) is 0 Å². The Labute approximate surface area is 146 Å². The van der Waals surface area contributed by atoms with Crippen molar-refractivity contribution in [1.29, 1.82) is 0 Å². The Balaban J connectivity index is 1.47. The molecule has 2 aliphatic rings. The zero-order chi connectivity index (χ0) is 18.0. The van der Waals surface area contributed by atoms with E-state index in [1.54, 1.807) is 19.2 Å². The first-order valence-electron chi connectivity index (χ1n) is 8.68. The molecule has 25 heavy (non-hydrogen) atoms. The zero-order valence-electron chi connectivity index (χ0n) is 14.3. The van der Waals surface area contributed by atoms with Crippen LogP contribution in [-0.4, -0.2) is 54.2 Å². The van der Waals surface area contributed by atoms with Crippen molar-refractivity contribution in [3.05, 3.63) is 30.1 Å². The van der Waals surface area contributed by atoms with Gasteiger partial charge >= 0.3 is 12.0 Å². The van der Waals surface area contributed by atoms with E-state index in [0.29, 0.717) is 11.6 Å². The number of benzene rings is 1. The molecular weight excluding hydrogens is 325 g/mol. The summed E-state index contributed by atoms with van der Waals surface area (Å²) in [5, 5.41) is 12.0. The van der Waals surface area contributed by atoms with Crippen LogP contribution in [0.2, 0.25) is 0 Å². The van der Waals surface area contributed by atoms with Crippen molar-refractivity contribution in [1.82, 2.24) is 10.2 Å². The van der Waals surface area contributed by atoms with Gasteiger partial charge in [0.05, 0.1) is 6.54 Å². The zero-order valence-corrected chi connectivity index (χ0v) is 14.3. The summed E-state index contributed by atoms with van der Waals surface area (Å²) in [6, 6.07) is 5.79. The minimum Gasteiger partial charge on any atom is -0.480 e. The molecule has 2 fully saturated rings. The first-order chi connectivity index (χ1) is 11.9. The molecular formula is C18H24FN3O3. The maximum Gasteiger partial charge on any atom is 0.321 e. The van der Waals surface area contributed by atoms with Gasteiger partial charge in [-0.2, -0.15) is 0 Å². The number of aliphatic carboxylic acids is 1. The number of amides is 2. The first kappa shape index (κ1) is 17.7. The highest BCUT2D eigenvalue weighted by Crippen LogP contribution is 2.33. The Kier molecular flexibility index (Phi) is 5.22. The molecule has 0 aliphatic heterocycles. The lowest BCUT2D eigenvalue weighted by Crippen LogP contribution is -2.57. The summed E-state index contributed by atoms with van der Waals surface area (Å²) < 4.78 is 13.0. The van der Waals surface area contributed by atoms with Crippen LogP contribution in [0.25, 0.3) is 0 Å². The second kappa shape index (κ2) is 7.39. The fourth-order valence-corrected chi connectivity index (χ4v) is 3.21. The molecule has 2 saturated carbocycles. The summed E-state index contributed by atoms with van der Waals surface area (Å²) in [6.45, 7) is 0.907. The topological polar surface area (TPSA) is 72.9 Å². The van der Waals surface area contributed by atoms with Gasteiger partial charge in [-0.25, -0.2) is 9.18 Å². The van der Waals surface area contributed by atoms with Crippen LogP contribution in [0, 0.1) is 11.7 Å². The van der Waals surface area contributed by atoms with Crippen LogP contribution in [-0.2, 0) is 4.79 Å². The minimum atomic E-state index is -0.802. The standard InChI is InChI=1S/C18H24FN3O3/c1-21(15-6-4-13(19)5-7-15)18(25)20-14-8-16(9-14)22(11-17(23)24)10-12-2-3-12/h4-7,12,14,16H,2-3,8-11H2,1H3,(H,20,25)(H,23,24). The molecule has 0 heterocycles. The molecule has 0 aromatic heterocycles. The Hall–Kier alpha value is -2.15. The van der Waals surface area contributed by atoms with Gasteiger partial charge < -0.3 is 10.4 Å². The van der Waals surface area contributed by atoms with Gasteiger partial charge in [0.15, 0.2) is 0 Å². The highest BCUT2D eigenvalue weighted by atomic mass is 19.1. The van der Waals surface area contributed by atoms with Crippen LogP contribution >= 0.6 is 0 Å². The molecule has 0 saturated heterocycles. The molecule has 1 aromatic rings. The maximum absolute atomic E-state index is 13.0. The van der Waals surface area contributed by atoms with Crippen LogP contribution < -0.4 is 10.2 Å². The van der Waals surface area contributed by atoms with E-state index in [9.17, 15) is 14.0 Å². The lowest BCUT2D eigenvalue weighted by Gasteiger charge is -2.43. The summed E-state index contributed by atoms with van der Waals surface area (Å²) in [6.07, 6.45) is 3.91. The number of nitrogens with zero attached hydrogens (tertiary/aromatic N) is 2. The highest BCUT2D eigenvalue weighted by Gasteiger charge is 2.38. The predicted molar refractivity (Wildman–Crippen MR) is 92.1 cm³/mol. The minimum absolute atomic E-state index is 0.0518. The highest BCUT2D eigenvalue weighted by molar-refractivity contribution is 5.91. The van der Waals surface area contributed by atoms with Gasteiger partial charge in [0, 0.05) is 31.4 Å². The maximum atomic E-state index is 13.0. The molecule has 1 aromatic carbocycles. The van der Waals surface area contributed by atoms with Gasteiger partial charge in [-0.3, -0.25) is 14.6 Å². The summed E-state index contributed by atoms with van der Waals surface area (Å²) in [5.41, 5.74) is 0.621. The van der Waals surface area contributed by atoms with E-state index in [1.165, 1.54) is 29.9 Å². The second-order valence-electron chi connectivity index (χ2n) is 7.07. The van der Waals surface area contributed by atoms with Crippen molar-refractivity contribution in [2.24, 2.45) is 5.92 Å². The van der Waals surface area contributed by atoms with Gasteiger partial charge in [0.25, 0.3) is 0 Å². The third-order valence-electron chi connectivity index (χ3n) is 5.00. The van der Waals surface area contributed by atoms with Gasteiger partial charge in [0.1, 0.15) is 5.82 Å². The van der Waals surface area contributed by atoms with Crippen molar-refractivity contribution < 1.29 is 19.1 Å². The normalized spacial score (nSPS) is 22.4. The van der Waals surface area contributed by atoms with Crippen molar-refractivity contribution in [2.75, 3.05) is 25.0 Å². The first-order valence-corrected chi connectivity index (χ1v) is 8.68. The lowest BCUT2D eigenvalue weighted by molar-refractivity contribution is -0.139. The molecule has 136 valence electrons. The van der Waals surface area contributed by atoms with Gasteiger partial charge in [-0.15, -0.1) is 0 Å². The van der Waals surface area contributed by atoms with Crippen LogP contribution in [0.15, 0.2) is 24.3 Å². The number of carbonyl (C=O) groups excluding carboxylic acids is 1. The molecule has 0 bridgehead atoms. The van der Waals surface area contributed by atoms with E-state index in [1.807, 2.05) is 4.90 Å². The van der Waals surface area contributed by atoms with E-state index in [4.69, 9.17) is 5.11 Å². The van der Waals surface area contributed by atoms with E-state index in [2.05, 4.69) is 5.32 Å². The number of nitrogens with one attached hydrogen (secondary N) is 1. The van der Waals surface area contributed by atoms with Gasteiger partial charge in [-0.1, -0.05) is 0 Å². The second-order valence-corrected chi connectivity index (χ2v) is 7.07. The molecule has 2 aliphatic carbocycles. The third-order valence-corrected chi connectivity index (χ3v) is 5.00. The van der Waals surface area contributed by atoms with Crippen molar-refractivity contribution in [2.45, 2.75) is 37.8 Å². The smallest absolute Gasteiger partial charge is 0.321 e. The number of hydrogen-bond donors (Lipinski definition) is 2. The largest absolute Gasteiger partial charge is 0.480 e. The van der Waals surface area contributed by atoms with E-state index < -0.39 is 5.97 Å². The summed E-state index contributed by atoms with van der Waals surface area (Å²) in [4.78, 5) is 26.8. The molecule has 6 nitrogen and oxygen atoms in total. The molecule has 0 radical (unpaired) electrons. The molecule has 2 N–H and O–H groups in total. The number of rotatable bonds is 7. The van der Waals surface area contributed by atoms with E-state index >= 15 is 0 Å². The lowest BCUT2D eigenvalue weighted by atomic mass is 9.85. The Morgan fingerprint density at radius 1 is 1.24 bits per heavy atom. The van der Waals surface area contributed by atoms with Gasteiger partial charge in [0.2, 0.25) is 0 Å². The molecule has 0 spiro atoms. The summed E-state index contributed by atoms with van der Waals surface area (Å²) >= 11 is 0. The molecule has 0 unspecified atom stereocenters. The molecule has 2 amide bonds. The van der Waals surface area contributed by atoms with Gasteiger partial charge in [-0.05, 0) is 55.9 Å². The molecule has 0 atom stereocenters. The quantitative estimate of drug-likeness (QED) is 0.792. The fraction of sp³-hybridized carbons (Fsp3) is 0.556. The van der Waals surface area contributed by atoms with Crippen molar-refractivity contribution >= 4 is 17.7 Å². The number of halogens is 1. The molecule has 3 rings (SSSR count). The third kappa shape index (κ3) is 4.69. The van der Waals surface area contributed by atoms with E-state index in [0.717, 1.165) is 19.4 Å². The number of carboxylic acid groups (broad SMARTS) is 1. The Bertz CT molecular complexity index is 627. The molecule has 7 heteroatoms. The van der Waals surface area contributed by atoms with Crippen LogP contribution in [0.5, 0.6) is 0 Å². The monoisotopic (exact) mass is 349 g/mol. The number of carbonyl (C=O) groups is 2. The SMILES string of the molecule is CN(C(=O)NC1CC(N(CC(=O)O)CC2CC2)C1)c1ccc(F)cc1. The average Bonchev–Trinajstić information content (AvgIpc) is 3.33. The predicted octanol–water partition coefficient (Wildman–Crippen LogP) is 2.30. The fourth-order valence-electron chi connectivity index (χ4n) is 3.21. The van der Waals surface area contributed by atoms with E-state index in [-0.39, 0.29) is 30.5 Å². The number of anilines is 1. The van der Waals surface area contributed by atoms with Crippen LogP contribution in [0.4, 0.5) is 14.9 Å². The number of carboxylic acids is 1. The summed E-state index contributed by atoms with van der Waals surface area (Å²) in [7, 11) is 1.64. The van der Waals surface area contributed by atoms with Crippen molar-refractivity contribution in [3.8, 4) is 0 Å². The Morgan fingerprint density at radius 2 is 1.88 bits per heavy atom. The Morgan fingerprint density at radius 3 is 2.44 bits per heavy atom. The average molecular weight is 349 g/mol.